The lowest BCUT2D eigenvalue weighted by molar-refractivity contribution is 0.121. The van der Waals surface area contributed by atoms with Gasteiger partial charge in [0.15, 0.2) is 5.90 Å². The largest absolute Gasteiger partial charge is 0.475 e. The van der Waals surface area contributed by atoms with Gasteiger partial charge in [-0.1, -0.05) is 29.8 Å². The number of fused-ring (bicyclic) bond motifs is 1. The summed E-state index contributed by atoms with van der Waals surface area (Å²) < 4.78 is 6.04. The molecule has 3 unspecified atom stereocenters. The van der Waals surface area contributed by atoms with Gasteiger partial charge in [-0.15, -0.1) is 0 Å². The van der Waals surface area contributed by atoms with Crippen molar-refractivity contribution in [3.63, 3.8) is 0 Å². The fourth-order valence-electron chi connectivity index (χ4n) is 3.16. The van der Waals surface area contributed by atoms with Gasteiger partial charge in [0.2, 0.25) is 0 Å². The Morgan fingerprint density at radius 1 is 1.37 bits per heavy atom. The van der Waals surface area contributed by atoms with Crippen LogP contribution in [0.25, 0.3) is 0 Å². The molecule has 3 atom stereocenters. The minimum absolute atomic E-state index is 0.280. The van der Waals surface area contributed by atoms with Gasteiger partial charge in [-0.3, -0.25) is 0 Å². The quantitative estimate of drug-likeness (QED) is 0.905. The summed E-state index contributed by atoms with van der Waals surface area (Å²) in [4.78, 5) is 4.76. The first-order valence-corrected chi connectivity index (χ1v) is 7.23. The van der Waals surface area contributed by atoms with E-state index in [4.69, 9.17) is 15.5 Å². The summed E-state index contributed by atoms with van der Waals surface area (Å²) >= 11 is 0. The van der Waals surface area contributed by atoms with Crippen LogP contribution in [0.3, 0.4) is 0 Å². The van der Waals surface area contributed by atoms with Crippen molar-refractivity contribution in [3.05, 3.63) is 35.4 Å². The van der Waals surface area contributed by atoms with Gasteiger partial charge in [-0.25, -0.2) is 4.99 Å². The summed E-state index contributed by atoms with van der Waals surface area (Å²) in [5, 5.41) is 0. The maximum atomic E-state index is 6.04. The summed E-state index contributed by atoms with van der Waals surface area (Å²) in [7, 11) is 0. The highest BCUT2D eigenvalue weighted by Crippen LogP contribution is 2.32. The molecule has 0 amide bonds. The van der Waals surface area contributed by atoms with E-state index >= 15 is 0 Å². The predicted octanol–water partition coefficient (Wildman–Crippen LogP) is 2.46. The van der Waals surface area contributed by atoms with E-state index in [1.165, 1.54) is 17.5 Å². The van der Waals surface area contributed by atoms with E-state index < -0.39 is 0 Å². The average Bonchev–Trinajstić information content (AvgIpc) is 2.79. The monoisotopic (exact) mass is 258 g/mol. The molecule has 1 aromatic rings. The molecule has 3 rings (SSSR count). The predicted molar refractivity (Wildman–Crippen MR) is 77.4 cm³/mol. The smallest absolute Gasteiger partial charge is 0.188 e. The Kier molecular flexibility index (Phi) is 3.56. The third kappa shape index (κ3) is 2.81. The Balaban J connectivity index is 1.65. The summed E-state index contributed by atoms with van der Waals surface area (Å²) in [6.07, 6.45) is 4.50. The number of ether oxygens (including phenoxy) is 1. The van der Waals surface area contributed by atoms with Crippen LogP contribution in [0.15, 0.2) is 29.3 Å². The molecule has 0 spiro atoms. The minimum Gasteiger partial charge on any atom is -0.475 e. The molecular formula is C16H22N2O. The van der Waals surface area contributed by atoms with Gasteiger partial charge < -0.3 is 10.5 Å². The van der Waals surface area contributed by atoms with Crippen molar-refractivity contribution in [3.8, 4) is 0 Å². The van der Waals surface area contributed by atoms with Crippen LogP contribution in [-0.4, -0.2) is 24.6 Å². The fourth-order valence-corrected chi connectivity index (χ4v) is 3.16. The number of benzene rings is 1. The maximum Gasteiger partial charge on any atom is 0.188 e. The fraction of sp³-hybridized carbons (Fsp3) is 0.562. The molecule has 2 aliphatic rings. The molecule has 2 N–H and O–H groups in total. The topological polar surface area (TPSA) is 47.6 Å². The molecule has 0 radical (unpaired) electrons. The average molecular weight is 258 g/mol. The summed E-state index contributed by atoms with van der Waals surface area (Å²) in [5.41, 5.74) is 8.34. The summed E-state index contributed by atoms with van der Waals surface area (Å²) in [5.74, 6) is 1.54. The molecule has 0 saturated heterocycles. The van der Waals surface area contributed by atoms with Crippen LogP contribution in [-0.2, 0) is 11.2 Å². The van der Waals surface area contributed by atoms with Crippen molar-refractivity contribution < 1.29 is 4.74 Å². The lowest BCUT2D eigenvalue weighted by atomic mass is 9.84. The van der Waals surface area contributed by atoms with Crippen LogP contribution in [0.1, 0.15) is 30.4 Å². The minimum atomic E-state index is 0.280. The van der Waals surface area contributed by atoms with Crippen molar-refractivity contribution in [2.45, 2.75) is 44.8 Å². The summed E-state index contributed by atoms with van der Waals surface area (Å²) in [6, 6.07) is 8.94. The first kappa shape index (κ1) is 12.7. The normalized spacial score (nSPS) is 29.6. The van der Waals surface area contributed by atoms with Crippen molar-refractivity contribution in [1.29, 1.82) is 0 Å². The number of aliphatic imine (C=N–C) groups is 1. The molecule has 1 aliphatic carbocycles. The van der Waals surface area contributed by atoms with E-state index in [0.717, 1.165) is 31.7 Å². The highest BCUT2D eigenvalue weighted by molar-refractivity contribution is 5.80. The molecule has 1 fully saturated rings. The van der Waals surface area contributed by atoms with Crippen LogP contribution in [0.5, 0.6) is 0 Å². The molecule has 3 heteroatoms. The molecule has 1 saturated carbocycles. The molecule has 19 heavy (non-hydrogen) atoms. The second-order valence-electron chi connectivity index (χ2n) is 5.83. The van der Waals surface area contributed by atoms with E-state index in [2.05, 4.69) is 31.2 Å². The van der Waals surface area contributed by atoms with E-state index in [1.54, 1.807) is 0 Å². The zero-order chi connectivity index (χ0) is 13.2. The van der Waals surface area contributed by atoms with Crippen molar-refractivity contribution in [2.75, 3.05) is 6.54 Å². The number of nitrogens with two attached hydrogens (primary N) is 1. The lowest BCUT2D eigenvalue weighted by Crippen LogP contribution is -2.34. The Morgan fingerprint density at radius 2 is 2.26 bits per heavy atom. The number of rotatable bonds is 3. The molecule has 1 heterocycles. The maximum absolute atomic E-state index is 6.04. The van der Waals surface area contributed by atoms with Gasteiger partial charge in [0.25, 0.3) is 0 Å². The van der Waals surface area contributed by atoms with Crippen molar-refractivity contribution >= 4 is 5.90 Å². The zero-order valence-electron chi connectivity index (χ0n) is 11.5. The van der Waals surface area contributed by atoms with Crippen LogP contribution >= 0.6 is 0 Å². The number of nitrogens with zero attached hydrogens (tertiary/aromatic N) is 1. The van der Waals surface area contributed by atoms with Gasteiger partial charge in [0.05, 0.1) is 6.04 Å². The van der Waals surface area contributed by atoms with Crippen LogP contribution in [0.4, 0.5) is 0 Å². The van der Waals surface area contributed by atoms with Gasteiger partial charge in [0, 0.05) is 6.42 Å². The molecule has 1 aliphatic heterocycles. The molecule has 102 valence electrons. The van der Waals surface area contributed by atoms with Crippen LogP contribution < -0.4 is 5.73 Å². The standard InChI is InChI=1S/C16H22N2O/c1-11-3-2-4-12(7-11)9-16-18-14-6-5-13(10-17)8-15(14)19-16/h2-4,7,13-15H,5-6,8-10,17H2,1H3. The third-order valence-corrected chi connectivity index (χ3v) is 4.23. The number of hydrogen-bond acceptors (Lipinski definition) is 3. The second-order valence-corrected chi connectivity index (χ2v) is 5.83. The summed E-state index contributed by atoms with van der Waals surface area (Å²) in [6.45, 7) is 2.90. The van der Waals surface area contributed by atoms with E-state index in [9.17, 15) is 0 Å². The lowest BCUT2D eigenvalue weighted by Gasteiger charge is -2.28. The SMILES string of the molecule is Cc1cccc(CC2=NC3CCC(CN)CC3O2)c1. The van der Waals surface area contributed by atoms with E-state index in [1.807, 2.05) is 0 Å². The first-order valence-electron chi connectivity index (χ1n) is 7.23. The first-order chi connectivity index (χ1) is 9.24. The third-order valence-electron chi connectivity index (χ3n) is 4.23. The molecule has 1 aromatic carbocycles. The van der Waals surface area contributed by atoms with Gasteiger partial charge in [0.1, 0.15) is 6.10 Å². The number of aryl methyl sites for hydroxylation is 1. The van der Waals surface area contributed by atoms with E-state index in [0.29, 0.717) is 12.0 Å². The highest BCUT2D eigenvalue weighted by atomic mass is 16.5. The van der Waals surface area contributed by atoms with Crippen molar-refractivity contribution in [1.82, 2.24) is 0 Å². The van der Waals surface area contributed by atoms with Gasteiger partial charge in [-0.05, 0) is 44.2 Å². The van der Waals surface area contributed by atoms with Crippen molar-refractivity contribution in [2.24, 2.45) is 16.6 Å². The zero-order valence-corrected chi connectivity index (χ0v) is 11.5. The van der Waals surface area contributed by atoms with Gasteiger partial charge >= 0.3 is 0 Å². The van der Waals surface area contributed by atoms with E-state index in [-0.39, 0.29) is 6.10 Å². The Bertz CT molecular complexity index is 483. The second kappa shape index (κ2) is 5.33. The molecule has 0 bridgehead atoms. The highest BCUT2D eigenvalue weighted by Gasteiger charge is 2.36. The molecule has 0 aromatic heterocycles. The molecular weight excluding hydrogens is 236 g/mol. The molecule has 3 nitrogen and oxygen atoms in total. The number of hydrogen-bond donors (Lipinski definition) is 1. The van der Waals surface area contributed by atoms with Crippen LogP contribution in [0, 0.1) is 12.8 Å². The Hall–Kier alpha value is -1.35. The van der Waals surface area contributed by atoms with Crippen LogP contribution in [0.2, 0.25) is 0 Å². The van der Waals surface area contributed by atoms with Gasteiger partial charge in [-0.2, -0.15) is 0 Å². The Labute approximate surface area is 114 Å². The Morgan fingerprint density at radius 3 is 3.05 bits per heavy atom.